The Morgan fingerprint density at radius 2 is 1.95 bits per heavy atom. The van der Waals surface area contributed by atoms with Crippen LogP contribution in [0.5, 0.6) is 0 Å². The molecule has 0 radical (unpaired) electrons. The standard InChI is InChI=1S/C15H29BrN4O/c1-6-11-14(16)12(20(5)19-11)10-13(18-17)15(7-2,8-3)21-9-4/h13,18H,6-10,17H2,1-5H3. The van der Waals surface area contributed by atoms with E-state index in [0.29, 0.717) is 6.61 Å². The Morgan fingerprint density at radius 3 is 2.33 bits per heavy atom. The number of nitrogens with zero attached hydrogens (tertiary/aromatic N) is 2. The van der Waals surface area contributed by atoms with Gasteiger partial charge < -0.3 is 4.74 Å². The number of rotatable bonds is 9. The second-order valence-electron chi connectivity index (χ2n) is 5.31. The van der Waals surface area contributed by atoms with Crippen LogP contribution in [0.4, 0.5) is 0 Å². The lowest BCUT2D eigenvalue weighted by Gasteiger charge is -2.39. The molecule has 1 aromatic heterocycles. The summed E-state index contributed by atoms with van der Waals surface area (Å²) in [6.07, 6.45) is 3.53. The number of aromatic nitrogens is 2. The van der Waals surface area contributed by atoms with Crippen molar-refractivity contribution in [3.05, 3.63) is 15.9 Å². The summed E-state index contributed by atoms with van der Waals surface area (Å²) in [6, 6.07) is 0.0452. The molecule has 1 aromatic rings. The molecule has 0 aliphatic rings. The van der Waals surface area contributed by atoms with E-state index in [4.69, 9.17) is 10.6 Å². The summed E-state index contributed by atoms with van der Waals surface area (Å²) >= 11 is 3.68. The topological polar surface area (TPSA) is 65.1 Å². The average Bonchev–Trinajstić information content (AvgIpc) is 2.77. The molecule has 21 heavy (non-hydrogen) atoms. The Bertz CT molecular complexity index is 443. The molecule has 0 aromatic carbocycles. The van der Waals surface area contributed by atoms with E-state index in [1.54, 1.807) is 0 Å². The molecule has 1 unspecified atom stereocenters. The second-order valence-corrected chi connectivity index (χ2v) is 6.11. The van der Waals surface area contributed by atoms with Gasteiger partial charge in [-0.25, -0.2) is 0 Å². The molecular formula is C15H29BrN4O. The molecule has 0 aliphatic heterocycles. The number of hydrazine groups is 1. The van der Waals surface area contributed by atoms with Crippen molar-refractivity contribution in [2.24, 2.45) is 12.9 Å². The summed E-state index contributed by atoms with van der Waals surface area (Å²) in [7, 11) is 1.98. The smallest absolute Gasteiger partial charge is 0.0846 e. The predicted octanol–water partition coefficient (Wildman–Crippen LogP) is 2.71. The minimum atomic E-state index is -0.250. The van der Waals surface area contributed by atoms with Crippen LogP contribution in [0.15, 0.2) is 4.47 Å². The van der Waals surface area contributed by atoms with Gasteiger partial charge in [-0.1, -0.05) is 20.8 Å². The summed E-state index contributed by atoms with van der Waals surface area (Å²) in [5, 5.41) is 4.56. The van der Waals surface area contributed by atoms with Crippen LogP contribution in [0.25, 0.3) is 0 Å². The van der Waals surface area contributed by atoms with Crippen LogP contribution in [-0.4, -0.2) is 28.0 Å². The molecule has 3 N–H and O–H groups in total. The Labute approximate surface area is 136 Å². The highest BCUT2D eigenvalue weighted by Crippen LogP contribution is 2.30. The maximum Gasteiger partial charge on any atom is 0.0846 e. The van der Waals surface area contributed by atoms with Gasteiger partial charge in [-0.2, -0.15) is 5.10 Å². The van der Waals surface area contributed by atoms with Gasteiger partial charge >= 0.3 is 0 Å². The first-order valence-electron chi connectivity index (χ1n) is 7.79. The normalized spacial score (nSPS) is 13.7. The van der Waals surface area contributed by atoms with Gasteiger partial charge in [0, 0.05) is 20.1 Å². The third kappa shape index (κ3) is 3.86. The molecule has 0 saturated carbocycles. The number of nitrogens with one attached hydrogen (secondary N) is 1. The summed E-state index contributed by atoms with van der Waals surface area (Å²) < 4.78 is 9.11. The number of halogens is 1. The van der Waals surface area contributed by atoms with Crippen molar-refractivity contribution in [2.45, 2.75) is 65.0 Å². The van der Waals surface area contributed by atoms with Crippen LogP contribution >= 0.6 is 15.9 Å². The van der Waals surface area contributed by atoms with Crippen LogP contribution in [0.1, 0.15) is 51.9 Å². The minimum absolute atomic E-state index is 0.0452. The van der Waals surface area contributed by atoms with Crippen LogP contribution in [-0.2, 0) is 24.6 Å². The van der Waals surface area contributed by atoms with Crippen LogP contribution in [0.3, 0.4) is 0 Å². The average molecular weight is 361 g/mol. The van der Waals surface area contributed by atoms with E-state index in [9.17, 15) is 0 Å². The molecule has 1 atom stereocenters. The zero-order valence-corrected chi connectivity index (χ0v) is 15.5. The molecule has 0 fully saturated rings. The first-order valence-corrected chi connectivity index (χ1v) is 8.59. The van der Waals surface area contributed by atoms with E-state index in [-0.39, 0.29) is 11.6 Å². The lowest BCUT2D eigenvalue weighted by molar-refractivity contribution is -0.0723. The molecule has 5 nitrogen and oxygen atoms in total. The van der Waals surface area contributed by atoms with Crippen molar-refractivity contribution in [1.82, 2.24) is 15.2 Å². The zero-order chi connectivity index (χ0) is 16.0. The van der Waals surface area contributed by atoms with Crippen molar-refractivity contribution in [3.8, 4) is 0 Å². The molecule has 1 heterocycles. The van der Waals surface area contributed by atoms with Crippen molar-refractivity contribution in [2.75, 3.05) is 6.61 Å². The SMILES string of the molecule is CCOC(CC)(CC)C(Cc1c(Br)c(CC)nn1C)NN. The fraction of sp³-hybridized carbons (Fsp3) is 0.800. The van der Waals surface area contributed by atoms with E-state index in [0.717, 1.165) is 41.5 Å². The van der Waals surface area contributed by atoms with Crippen LogP contribution in [0, 0.1) is 0 Å². The monoisotopic (exact) mass is 360 g/mol. The minimum Gasteiger partial charge on any atom is -0.374 e. The van der Waals surface area contributed by atoms with Crippen molar-refractivity contribution in [1.29, 1.82) is 0 Å². The summed E-state index contributed by atoms with van der Waals surface area (Å²) in [5.74, 6) is 5.85. The second kappa shape index (κ2) is 8.27. The van der Waals surface area contributed by atoms with Gasteiger partial charge in [0.25, 0.3) is 0 Å². The molecule has 0 bridgehead atoms. The third-order valence-corrected chi connectivity index (χ3v) is 5.28. The Hall–Kier alpha value is -0.430. The Balaban J connectivity index is 3.08. The first-order chi connectivity index (χ1) is 9.99. The summed E-state index contributed by atoms with van der Waals surface area (Å²) in [6.45, 7) is 9.13. The summed E-state index contributed by atoms with van der Waals surface area (Å²) in [4.78, 5) is 0. The van der Waals surface area contributed by atoms with Gasteiger partial charge in [0.05, 0.1) is 27.5 Å². The van der Waals surface area contributed by atoms with E-state index in [1.807, 2.05) is 18.7 Å². The van der Waals surface area contributed by atoms with E-state index >= 15 is 0 Å². The van der Waals surface area contributed by atoms with Crippen LogP contribution in [0.2, 0.25) is 0 Å². The highest BCUT2D eigenvalue weighted by Gasteiger charge is 2.37. The molecule has 122 valence electrons. The van der Waals surface area contributed by atoms with E-state index in [2.05, 4.69) is 47.2 Å². The predicted molar refractivity (Wildman–Crippen MR) is 90.0 cm³/mol. The molecule has 6 heteroatoms. The van der Waals surface area contributed by atoms with Gasteiger partial charge in [0.2, 0.25) is 0 Å². The van der Waals surface area contributed by atoms with Gasteiger partial charge in [-0.05, 0) is 42.1 Å². The fourth-order valence-electron chi connectivity index (χ4n) is 2.97. The first kappa shape index (κ1) is 18.6. The van der Waals surface area contributed by atoms with Gasteiger partial charge in [-0.3, -0.25) is 16.0 Å². The zero-order valence-electron chi connectivity index (χ0n) is 13.9. The molecule has 0 saturated heterocycles. The number of nitrogens with two attached hydrogens (primary N) is 1. The molecule has 1 rings (SSSR count). The van der Waals surface area contributed by atoms with E-state index < -0.39 is 0 Å². The van der Waals surface area contributed by atoms with Crippen molar-refractivity contribution in [3.63, 3.8) is 0 Å². The molecular weight excluding hydrogens is 332 g/mol. The van der Waals surface area contributed by atoms with Crippen LogP contribution < -0.4 is 11.3 Å². The van der Waals surface area contributed by atoms with Gasteiger partial charge in [0.15, 0.2) is 0 Å². The largest absolute Gasteiger partial charge is 0.374 e. The molecule has 0 amide bonds. The molecule has 0 spiro atoms. The maximum atomic E-state index is 6.08. The number of hydrogen-bond donors (Lipinski definition) is 2. The van der Waals surface area contributed by atoms with Gasteiger partial charge in [-0.15, -0.1) is 0 Å². The lowest BCUT2D eigenvalue weighted by atomic mass is 9.85. The lowest BCUT2D eigenvalue weighted by Crippen LogP contribution is -2.55. The fourth-order valence-corrected chi connectivity index (χ4v) is 3.74. The molecule has 0 aliphatic carbocycles. The van der Waals surface area contributed by atoms with Gasteiger partial charge in [0.1, 0.15) is 0 Å². The van der Waals surface area contributed by atoms with Crippen molar-refractivity contribution >= 4 is 15.9 Å². The maximum absolute atomic E-state index is 6.08. The summed E-state index contributed by atoms with van der Waals surface area (Å²) in [5.41, 5.74) is 4.96. The number of ether oxygens (including phenoxy) is 1. The highest BCUT2D eigenvalue weighted by atomic mass is 79.9. The number of aryl methyl sites for hydroxylation is 2. The Kier molecular flexibility index (Phi) is 7.33. The quantitative estimate of drug-likeness (QED) is 0.524. The number of hydrogen-bond acceptors (Lipinski definition) is 4. The van der Waals surface area contributed by atoms with E-state index in [1.165, 1.54) is 0 Å². The highest BCUT2D eigenvalue weighted by molar-refractivity contribution is 9.10. The third-order valence-electron chi connectivity index (χ3n) is 4.37. The van der Waals surface area contributed by atoms with Crippen molar-refractivity contribution < 1.29 is 4.74 Å². The Morgan fingerprint density at radius 1 is 1.33 bits per heavy atom.